The van der Waals surface area contributed by atoms with E-state index in [1.165, 1.54) is 0 Å². The van der Waals surface area contributed by atoms with Crippen molar-refractivity contribution in [1.82, 2.24) is 10.2 Å². The van der Waals surface area contributed by atoms with Crippen LogP contribution in [0.15, 0.2) is 66.7 Å². The number of aromatic amines is 1. The van der Waals surface area contributed by atoms with Gasteiger partial charge in [0, 0.05) is 47.5 Å². The first kappa shape index (κ1) is 19.2. The number of H-pyrrole nitrogens is 1. The third-order valence-corrected chi connectivity index (χ3v) is 4.87. The summed E-state index contributed by atoms with van der Waals surface area (Å²) in [6.45, 7) is 0. The Kier molecular flexibility index (Phi) is 4.93. The lowest BCUT2D eigenvalue weighted by molar-refractivity contribution is 0.0997. The Bertz CT molecular complexity index is 1260. The molecular formula is C23H21N5O2. The summed E-state index contributed by atoms with van der Waals surface area (Å²) >= 11 is 0. The summed E-state index contributed by atoms with van der Waals surface area (Å²) in [5, 5.41) is 11.1. The van der Waals surface area contributed by atoms with E-state index in [9.17, 15) is 9.59 Å². The smallest absolute Gasteiger partial charge is 0.255 e. The van der Waals surface area contributed by atoms with Gasteiger partial charge in [0.05, 0.1) is 11.2 Å². The standard InChI is InChI=1S/C23H21N5O2/c1-28(2)18-8-4-6-16(12-18)23(30)25-17-7-3-5-14(11-17)21-19-13-15(22(24)29)9-10-20(19)26-27-21/h3-13H,1-2H3,(H2,24,29)(H,25,30)(H,26,27). The molecule has 0 fully saturated rings. The molecule has 1 aromatic heterocycles. The van der Waals surface area contributed by atoms with Gasteiger partial charge in [0.25, 0.3) is 5.91 Å². The maximum Gasteiger partial charge on any atom is 0.255 e. The average Bonchev–Trinajstić information content (AvgIpc) is 3.17. The fourth-order valence-electron chi connectivity index (χ4n) is 3.26. The molecule has 30 heavy (non-hydrogen) atoms. The zero-order valence-corrected chi connectivity index (χ0v) is 16.6. The number of aromatic nitrogens is 2. The first-order valence-electron chi connectivity index (χ1n) is 9.39. The maximum atomic E-state index is 12.7. The highest BCUT2D eigenvalue weighted by molar-refractivity contribution is 6.05. The van der Waals surface area contributed by atoms with Crippen LogP contribution < -0.4 is 16.0 Å². The summed E-state index contributed by atoms with van der Waals surface area (Å²) in [4.78, 5) is 26.2. The molecule has 0 bridgehead atoms. The van der Waals surface area contributed by atoms with Crippen molar-refractivity contribution >= 4 is 34.1 Å². The van der Waals surface area contributed by atoms with Crippen LogP contribution in [-0.4, -0.2) is 36.1 Å². The molecule has 4 rings (SSSR count). The second kappa shape index (κ2) is 7.71. The van der Waals surface area contributed by atoms with Gasteiger partial charge >= 0.3 is 0 Å². The van der Waals surface area contributed by atoms with Gasteiger partial charge in [-0.3, -0.25) is 14.7 Å². The number of nitrogens with two attached hydrogens (primary N) is 1. The number of benzene rings is 3. The second-order valence-corrected chi connectivity index (χ2v) is 7.18. The Morgan fingerprint density at radius 2 is 1.77 bits per heavy atom. The van der Waals surface area contributed by atoms with E-state index >= 15 is 0 Å². The highest BCUT2D eigenvalue weighted by Gasteiger charge is 2.13. The quantitative estimate of drug-likeness (QED) is 0.476. The number of hydrogen-bond donors (Lipinski definition) is 3. The van der Waals surface area contributed by atoms with Gasteiger partial charge in [-0.2, -0.15) is 5.10 Å². The Morgan fingerprint density at radius 3 is 2.53 bits per heavy atom. The lowest BCUT2D eigenvalue weighted by Crippen LogP contribution is -2.14. The van der Waals surface area contributed by atoms with Crippen molar-refractivity contribution in [2.75, 3.05) is 24.3 Å². The van der Waals surface area contributed by atoms with Crippen molar-refractivity contribution in [3.8, 4) is 11.3 Å². The molecule has 4 aromatic rings. The zero-order chi connectivity index (χ0) is 21.3. The number of fused-ring (bicyclic) bond motifs is 1. The van der Waals surface area contributed by atoms with Gasteiger partial charge in [-0.15, -0.1) is 0 Å². The first-order valence-corrected chi connectivity index (χ1v) is 9.39. The van der Waals surface area contributed by atoms with Gasteiger partial charge in [0.15, 0.2) is 0 Å². The fraction of sp³-hybridized carbons (Fsp3) is 0.0870. The zero-order valence-electron chi connectivity index (χ0n) is 16.6. The third-order valence-electron chi connectivity index (χ3n) is 4.87. The SMILES string of the molecule is CN(C)c1cccc(C(=O)Nc2cccc(-c3n[nH]c4ccc(C(N)=O)cc34)c2)c1. The molecule has 7 nitrogen and oxygen atoms in total. The van der Waals surface area contributed by atoms with Crippen LogP contribution >= 0.6 is 0 Å². The molecule has 0 unspecified atom stereocenters. The van der Waals surface area contributed by atoms with Gasteiger partial charge in [0.1, 0.15) is 0 Å². The Morgan fingerprint density at radius 1 is 0.967 bits per heavy atom. The number of hydrogen-bond acceptors (Lipinski definition) is 4. The van der Waals surface area contributed by atoms with E-state index in [0.717, 1.165) is 22.2 Å². The molecule has 2 amide bonds. The van der Waals surface area contributed by atoms with Gasteiger partial charge in [-0.25, -0.2) is 0 Å². The normalized spacial score (nSPS) is 10.7. The van der Waals surface area contributed by atoms with Crippen LogP contribution in [-0.2, 0) is 0 Å². The molecule has 1 heterocycles. The van der Waals surface area contributed by atoms with E-state index in [1.807, 2.05) is 61.5 Å². The van der Waals surface area contributed by atoms with E-state index in [-0.39, 0.29) is 5.91 Å². The van der Waals surface area contributed by atoms with Crippen molar-refractivity contribution in [3.05, 3.63) is 77.9 Å². The topological polar surface area (TPSA) is 104 Å². The molecule has 0 saturated heterocycles. The van der Waals surface area contributed by atoms with Gasteiger partial charge in [0.2, 0.25) is 5.91 Å². The number of carbonyl (C=O) groups excluding carboxylic acids is 2. The lowest BCUT2D eigenvalue weighted by atomic mass is 10.0. The van der Waals surface area contributed by atoms with E-state index in [0.29, 0.717) is 22.5 Å². The molecule has 0 aliphatic rings. The minimum Gasteiger partial charge on any atom is -0.378 e. The number of primary amides is 1. The summed E-state index contributed by atoms with van der Waals surface area (Å²) < 4.78 is 0. The minimum atomic E-state index is -0.495. The van der Waals surface area contributed by atoms with Gasteiger partial charge < -0.3 is 16.0 Å². The Labute approximate surface area is 173 Å². The van der Waals surface area contributed by atoms with Crippen LogP contribution in [0.5, 0.6) is 0 Å². The number of nitrogens with one attached hydrogen (secondary N) is 2. The molecule has 0 saturated carbocycles. The van der Waals surface area contributed by atoms with Crippen LogP contribution in [0.25, 0.3) is 22.2 Å². The monoisotopic (exact) mass is 399 g/mol. The highest BCUT2D eigenvalue weighted by Crippen LogP contribution is 2.29. The predicted octanol–water partition coefficient (Wildman–Crippen LogP) is 3.65. The lowest BCUT2D eigenvalue weighted by Gasteiger charge is -2.13. The molecule has 4 N–H and O–H groups in total. The molecule has 3 aromatic carbocycles. The maximum absolute atomic E-state index is 12.7. The summed E-state index contributed by atoms with van der Waals surface area (Å²) in [6, 6.07) is 20.0. The largest absolute Gasteiger partial charge is 0.378 e. The van der Waals surface area contributed by atoms with Crippen molar-refractivity contribution in [3.63, 3.8) is 0 Å². The van der Waals surface area contributed by atoms with Crippen molar-refractivity contribution in [2.45, 2.75) is 0 Å². The predicted molar refractivity (Wildman–Crippen MR) is 119 cm³/mol. The molecule has 7 heteroatoms. The van der Waals surface area contributed by atoms with Crippen molar-refractivity contribution in [1.29, 1.82) is 0 Å². The van der Waals surface area contributed by atoms with Crippen LogP contribution in [0.3, 0.4) is 0 Å². The molecule has 0 spiro atoms. The molecular weight excluding hydrogens is 378 g/mol. The second-order valence-electron chi connectivity index (χ2n) is 7.18. The van der Waals surface area contributed by atoms with Crippen molar-refractivity contribution < 1.29 is 9.59 Å². The van der Waals surface area contributed by atoms with E-state index in [2.05, 4.69) is 15.5 Å². The van der Waals surface area contributed by atoms with E-state index in [1.54, 1.807) is 24.3 Å². The Balaban J connectivity index is 1.64. The third kappa shape index (κ3) is 3.73. The van der Waals surface area contributed by atoms with E-state index in [4.69, 9.17) is 5.73 Å². The fourth-order valence-corrected chi connectivity index (χ4v) is 3.26. The number of carbonyl (C=O) groups is 2. The summed E-state index contributed by atoms with van der Waals surface area (Å²) in [7, 11) is 3.86. The van der Waals surface area contributed by atoms with Gasteiger partial charge in [-0.1, -0.05) is 18.2 Å². The van der Waals surface area contributed by atoms with Crippen LogP contribution in [0, 0.1) is 0 Å². The molecule has 0 radical (unpaired) electrons. The number of rotatable bonds is 5. The number of anilines is 2. The van der Waals surface area contributed by atoms with Gasteiger partial charge in [-0.05, 0) is 48.5 Å². The number of amides is 2. The minimum absolute atomic E-state index is 0.196. The average molecular weight is 399 g/mol. The molecule has 150 valence electrons. The van der Waals surface area contributed by atoms with Crippen LogP contribution in [0.2, 0.25) is 0 Å². The van der Waals surface area contributed by atoms with E-state index < -0.39 is 5.91 Å². The summed E-state index contributed by atoms with van der Waals surface area (Å²) in [5.41, 5.74) is 10.3. The highest BCUT2D eigenvalue weighted by atomic mass is 16.2. The molecule has 0 atom stereocenters. The van der Waals surface area contributed by atoms with Crippen LogP contribution in [0.1, 0.15) is 20.7 Å². The first-order chi connectivity index (χ1) is 14.4. The van der Waals surface area contributed by atoms with Crippen LogP contribution in [0.4, 0.5) is 11.4 Å². The number of nitrogens with zero attached hydrogens (tertiary/aromatic N) is 2. The summed E-state index contributed by atoms with van der Waals surface area (Å²) in [5.74, 6) is -0.691. The molecule has 0 aliphatic carbocycles. The van der Waals surface area contributed by atoms with Crippen molar-refractivity contribution in [2.24, 2.45) is 5.73 Å². The Hall–Kier alpha value is -4.13. The summed E-state index contributed by atoms with van der Waals surface area (Å²) in [6.07, 6.45) is 0. The molecule has 0 aliphatic heterocycles.